The second kappa shape index (κ2) is 18.3. The highest BCUT2D eigenvalue weighted by atomic mass is 32.3. The van der Waals surface area contributed by atoms with Gasteiger partial charge in [0, 0.05) is 24.3 Å². The third kappa shape index (κ3) is 10.7. The first-order valence-corrected chi connectivity index (χ1v) is 18.1. The molecule has 0 aromatic rings. The molecule has 0 aromatic heterocycles. The van der Waals surface area contributed by atoms with E-state index in [0.29, 0.717) is 12.8 Å². The highest BCUT2D eigenvalue weighted by molar-refractivity contribution is 8.45. The van der Waals surface area contributed by atoms with E-state index in [1.54, 1.807) is 23.5 Å². The molecule has 2 rings (SSSR count). The van der Waals surface area contributed by atoms with Crippen LogP contribution in [0.4, 0.5) is 0 Å². The van der Waals surface area contributed by atoms with Crippen molar-refractivity contribution in [3.05, 3.63) is 25.4 Å². The van der Waals surface area contributed by atoms with Crippen LogP contribution in [0.15, 0.2) is 25.4 Å². The molecule has 0 N–H and O–H groups in total. The molecule has 2 aliphatic heterocycles. The summed E-state index contributed by atoms with van der Waals surface area (Å²) >= 11 is 15.4. The molecule has 176 valence electrons. The summed E-state index contributed by atoms with van der Waals surface area (Å²) in [5.74, 6) is 4.09. The van der Waals surface area contributed by atoms with Gasteiger partial charge in [-0.2, -0.15) is 10.5 Å². The molecular weight excluding hydrogens is 549 g/mol. The molecule has 2 aliphatic rings. The summed E-state index contributed by atoms with van der Waals surface area (Å²) in [6, 6.07) is 4.50. The lowest BCUT2D eigenvalue weighted by Crippen LogP contribution is -1.82. The smallest absolute Gasteiger partial charge is 0.0717 e. The van der Waals surface area contributed by atoms with Gasteiger partial charge >= 0.3 is 0 Å². The third-order valence-corrected chi connectivity index (χ3v) is 15.8. The number of hydrogen-bond acceptors (Lipinski definition) is 10. The summed E-state index contributed by atoms with van der Waals surface area (Å²) in [6.45, 7) is 4.53. The molecule has 0 saturated heterocycles. The van der Waals surface area contributed by atoms with E-state index < -0.39 is 0 Å². The number of thioether (sulfide) groups is 8. The topological polar surface area (TPSA) is 47.6 Å². The van der Waals surface area contributed by atoms with Crippen molar-refractivity contribution in [2.24, 2.45) is 0 Å². The molecule has 2 nitrogen and oxygen atoms in total. The Kier molecular flexibility index (Phi) is 16.7. The summed E-state index contributed by atoms with van der Waals surface area (Å²) in [7, 11) is 0. The molecule has 32 heavy (non-hydrogen) atoms. The Balaban J connectivity index is 2.05. The Morgan fingerprint density at radius 1 is 0.562 bits per heavy atom. The molecule has 0 unspecified atom stereocenters. The van der Waals surface area contributed by atoms with Crippen LogP contribution in [0, 0.1) is 22.7 Å². The predicted molar refractivity (Wildman–Crippen MR) is 161 cm³/mol. The van der Waals surface area contributed by atoms with Crippen molar-refractivity contribution in [1.82, 2.24) is 0 Å². The molecular formula is C22H30N2S8. The first kappa shape index (κ1) is 29.2. The van der Waals surface area contributed by atoms with Gasteiger partial charge in [-0.25, -0.2) is 0 Å². The van der Waals surface area contributed by atoms with Crippen molar-refractivity contribution >= 4 is 94.1 Å². The molecule has 0 atom stereocenters. The molecule has 0 amide bonds. The number of rotatable bonds is 16. The first-order chi connectivity index (χ1) is 15.7. The Morgan fingerprint density at radius 2 is 0.906 bits per heavy atom. The fraction of sp³-hybridized carbons (Fsp3) is 0.636. The maximum Gasteiger partial charge on any atom is 0.0717 e. The second-order valence-corrected chi connectivity index (χ2v) is 16.8. The highest BCUT2D eigenvalue weighted by Crippen LogP contribution is 2.66. The Bertz CT molecular complexity index is 716. The Hall–Kier alpha value is 1.000. The minimum Gasteiger partial charge on any atom is -0.198 e. The van der Waals surface area contributed by atoms with Crippen molar-refractivity contribution in [1.29, 1.82) is 10.5 Å². The van der Waals surface area contributed by atoms with E-state index >= 15 is 0 Å². The summed E-state index contributed by atoms with van der Waals surface area (Å²) in [5.41, 5.74) is 0. The monoisotopic (exact) mass is 578 g/mol. The molecule has 0 radical (unpaired) electrons. The lowest BCUT2D eigenvalue weighted by Gasteiger charge is -2.04. The van der Waals surface area contributed by atoms with Gasteiger partial charge in [-0.05, 0) is 24.3 Å². The molecule has 0 spiro atoms. The second-order valence-electron chi connectivity index (χ2n) is 6.76. The first-order valence-electron chi connectivity index (χ1n) is 10.9. The van der Waals surface area contributed by atoms with E-state index in [2.05, 4.69) is 26.0 Å². The zero-order chi connectivity index (χ0) is 23.0. The average molecular weight is 579 g/mol. The van der Waals surface area contributed by atoms with Gasteiger partial charge in [0.15, 0.2) is 0 Å². The van der Waals surface area contributed by atoms with E-state index in [4.69, 9.17) is 10.5 Å². The molecule has 0 aliphatic carbocycles. The maximum absolute atomic E-state index is 8.91. The largest absolute Gasteiger partial charge is 0.198 e. The maximum atomic E-state index is 8.91. The minimum absolute atomic E-state index is 0.573. The predicted octanol–water partition coefficient (Wildman–Crippen LogP) is 10.5. The van der Waals surface area contributed by atoms with Crippen LogP contribution in [-0.2, 0) is 0 Å². The van der Waals surface area contributed by atoms with Gasteiger partial charge in [0.2, 0.25) is 0 Å². The van der Waals surface area contributed by atoms with Crippen molar-refractivity contribution < 1.29 is 0 Å². The van der Waals surface area contributed by atoms with Crippen LogP contribution in [-0.4, -0.2) is 23.0 Å². The quantitative estimate of drug-likeness (QED) is 0.165. The lowest BCUT2D eigenvalue weighted by molar-refractivity contribution is 0.779. The van der Waals surface area contributed by atoms with Crippen molar-refractivity contribution in [3.8, 4) is 12.1 Å². The summed E-state index contributed by atoms with van der Waals surface area (Å²) in [6.07, 6.45) is 8.90. The van der Waals surface area contributed by atoms with Gasteiger partial charge < -0.3 is 0 Å². The number of nitrogens with zero attached hydrogens (tertiary/aromatic N) is 2. The third-order valence-electron chi connectivity index (χ3n) is 4.10. The number of unbranched alkanes of at least 4 members (excludes halogenated alkanes) is 4. The van der Waals surface area contributed by atoms with Crippen LogP contribution >= 0.6 is 94.1 Å². The van der Waals surface area contributed by atoms with Gasteiger partial charge in [-0.15, -0.1) is 47.0 Å². The minimum atomic E-state index is 0.573. The van der Waals surface area contributed by atoms with Gasteiger partial charge in [0.05, 0.1) is 37.6 Å². The van der Waals surface area contributed by atoms with Crippen LogP contribution in [0.1, 0.15) is 65.2 Å². The van der Waals surface area contributed by atoms with Crippen molar-refractivity contribution in [2.75, 3.05) is 23.0 Å². The van der Waals surface area contributed by atoms with E-state index in [-0.39, 0.29) is 0 Å². The number of hydrogen-bond donors (Lipinski definition) is 0. The molecule has 0 bridgehead atoms. The Labute approximate surface area is 228 Å². The van der Waals surface area contributed by atoms with Gasteiger partial charge in [-0.3, -0.25) is 0 Å². The SMILES string of the molecule is CCCCCSC1=C(SCCCCC)SC(=C2SC(SCCC#N)=C(SCCC#N)S2)S1. The number of nitriles is 2. The van der Waals surface area contributed by atoms with Gasteiger partial charge in [0.25, 0.3) is 0 Å². The lowest BCUT2D eigenvalue weighted by atomic mass is 10.3. The summed E-state index contributed by atoms with van der Waals surface area (Å²) in [5, 5.41) is 17.8. The van der Waals surface area contributed by atoms with Crippen molar-refractivity contribution in [2.45, 2.75) is 65.2 Å². The van der Waals surface area contributed by atoms with Gasteiger partial charge in [-0.1, -0.05) is 86.6 Å². The van der Waals surface area contributed by atoms with E-state index in [1.807, 2.05) is 70.6 Å². The van der Waals surface area contributed by atoms with Crippen LogP contribution < -0.4 is 0 Å². The molecule has 0 saturated carbocycles. The van der Waals surface area contributed by atoms with E-state index in [0.717, 1.165) is 11.5 Å². The van der Waals surface area contributed by atoms with Gasteiger partial charge in [0.1, 0.15) is 0 Å². The zero-order valence-corrected chi connectivity index (χ0v) is 25.2. The molecule has 10 heteroatoms. The van der Waals surface area contributed by atoms with E-state index in [1.165, 1.54) is 75.5 Å². The molecule has 2 heterocycles. The van der Waals surface area contributed by atoms with E-state index in [9.17, 15) is 0 Å². The van der Waals surface area contributed by atoms with Crippen LogP contribution in [0.5, 0.6) is 0 Å². The standard InChI is InChI=1S/C22H30N2S8/c1-3-5-7-13-25-17-18(26-14-8-6-4-2)30-21(29-17)22-31-19(27-15-9-11-23)20(32-22)28-16-10-12-24/h3-10,13-16H2,1-2H3. The van der Waals surface area contributed by atoms with Crippen molar-refractivity contribution in [3.63, 3.8) is 0 Å². The molecule has 0 aromatic carbocycles. The fourth-order valence-electron chi connectivity index (χ4n) is 2.48. The molecule has 0 fully saturated rings. The fourth-order valence-corrected chi connectivity index (χ4v) is 14.4. The summed E-state index contributed by atoms with van der Waals surface area (Å²) in [4.78, 5) is 0. The highest BCUT2D eigenvalue weighted by Gasteiger charge is 2.30. The average Bonchev–Trinajstić information content (AvgIpc) is 3.39. The zero-order valence-electron chi connectivity index (χ0n) is 18.6. The van der Waals surface area contributed by atoms with Crippen LogP contribution in [0.25, 0.3) is 0 Å². The summed E-state index contributed by atoms with van der Waals surface area (Å²) < 4.78 is 8.44. The Morgan fingerprint density at radius 3 is 1.22 bits per heavy atom. The van der Waals surface area contributed by atoms with Crippen LogP contribution in [0.2, 0.25) is 0 Å². The van der Waals surface area contributed by atoms with Crippen LogP contribution in [0.3, 0.4) is 0 Å². The normalized spacial score (nSPS) is 16.2.